The topological polar surface area (TPSA) is 113 Å². The summed E-state index contributed by atoms with van der Waals surface area (Å²) in [5.74, 6) is -0.851. The number of likely N-dealkylation sites (tertiary alicyclic amines) is 1. The number of halogens is 1. The number of benzene rings is 1. The lowest BCUT2D eigenvalue weighted by molar-refractivity contribution is -0.148. The normalized spacial score (nSPS) is 26.4. The summed E-state index contributed by atoms with van der Waals surface area (Å²) < 4.78 is 43.6. The van der Waals surface area contributed by atoms with Gasteiger partial charge in [-0.2, -0.15) is 0 Å². The lowest BCUT2D eigenvalue weighted by Gasteiger charge is -2.41. The van der Waals surface area contributed by atoms with Crippen molar-refractivity contribution >= 4 is 18.0 Å². The van der Waals surface area contributed by atoms with E-state index in [1.54, 1.807) is 37.8 Å². The van der Waals surface area contributed by atoms with E-state index in [2.05, 4.69) is 5.32 Å². The van der Waals surface area contributed by atoms with Crippen molar-refractivity contribution in [3.8, 4) is 5.75 Å². The van der Waals surface area contributed by atoms with Crippen molar-refractivity contribution in [1.82, 2.24) is 10.2 Å². The second-order valence-electron chi connectivity index (χ2n) is 13.5. The molecule has 43 heavy (non-hydrogen) atoms. The van der Waals surface area contributed by atoms with Gasteiger partial charge in [0.05, 0.1) is 43.2 Å². The monoisotopic (exact) mass is 604 g/mol. The fourth-order valence-corrected chi connectivity index (χ4v) is 5.98. The molecule has 0 radical (unpaired) electrons. The number of hydrogen-bond donors (Lipinski definition) is 1. The van der Waals surface area contributed by atoms with Crippen LogP contribution in [0.25, 0.3) is 0 Å². The summed E-state index contributed by atoms with van der Waals surface area (Å²) in [6.45, 7) is 11.7. The maximum atomic E-state index is 15.0. The second-order valence-corrected chi connectivity index (χ2v) is 13.5. The molecule has 3 fully saturated rings. The molecule has 10 nitrogen and oxygen atoms in total. The SMILES string of the molecule is CC(C)(C)OC(=O)C=COc1cccc(F)c1C1CCC(OCC2N(C(=O)OC(C)(C)C)CCC23COCC(=O)N3)CC1. The Morgan fingerprint density at radius 2 is 1.79 bits per heavy atom. The number of amides is 2. The fraction of sp³-hybridized carbons (Fsp3) is 0.656. The molecule has 2 amide bonds. The minimum Gasteiger partial charge on any atom is -0.464 e. The van der Waals surface area contributed by atoms with Gasteiger partial charge in [-0.05, 0) is 91.7 Å². The van der Waals surface area contributed by atoms with Crippen LogP contribution in [0.3, 0.4) is 0 Å². The number of carbonyl (C=O) groups is 3. The van der Waals surface area contributed by atoms with Gasteiger partial charge in [0, 0.05) is 12.1 Å². The minimum atomic E-state index is -0.740. The van der Waals surface area contributed by atoms with Gasteiger partial charge >= 0.3 is 12.1 Å². The first-order chi connectivity index (χ1) is 20.2. The number of ether oxygens (including phenoxy) is 5. The Bertz CT molecular complexity index is 1200. The van der Waals surface area contributed by atoms with Crippen molar-refractivity contribution < 1.29 is 42.5 Å². The van der Waals surface area contributed by atoms with Crippen molar-refractivity contribution in [2.75, 3.05) is 26.4 Å². The van der Waals surface area contributed by atoms with Crippen LogP contribution in [0, 0.1) is 5.82 Å². The Labute approximate surface area is 253 Å². The van der Waals surface area contributed by atoms with Crippen LogP contribution in [-0.2, 0) is 28.5 Å². The van der Waals surface area contributed by atoms with Gasteiger partial charge in [-0.15, -0.1) is 0 Å². The van der Waals surface area contributed by atoms with Gasteiger partial charge in [-0.25, -0.2) is 14.0 Å². The molecular formula is C32H45FN2O8. The Hall–Kier alpha value is -3.18. The molecule has 1 aliphatic carbocycles. The largest absolute Gasteiger partial charge is 0.464 e. The molecule has 4 rings (SSSR count). The zero-order chi connectivity index (χ0) is 31.4. The minimum absolute atomic E-state index is 0.00960. The highest BCUT2D eigenvalue weighted by atomic mass is 19.1. The summed E-state index contributed by atoms with van der Waals surface area (Å²) in [6, 6.07) is 4.22. The van der Waals surface area contributed by atoms with Gasteiger partial charge in [-0.3, -0.25) is 4.79 Å². The summed E-state index contributed by atoms with van der Waals surface area (Å²) in [6.07, 6.45) is 5.10. The average molecular weight is 605 g/mol. The van der Waals surface area contributed by atoms with Gasteiger partial charge in [-0.1, -0.05) is 6.07 Å². The number of carbonyl (C=O) groups excluding carboxylic acids is 3. The van der Waals surface area contributed by atoms with Crippen LogP contribution in [0.2, 0.25) is 0 Å². The van der Waals surface area contributed by atoms with Gasteiger partial charge in [0.1, 0.15) is 29.4 Å². The average Bonchev–Trinajstić information content (AvgIpc) is 3.22. The Balaban J connectivity index is 1.38. The zero-order valence-corrected chi connectivity index (χ0v) is 26.1. The van der Waals surface area contributed by atoms with E-state index < -0.39 is 34.8 Å². The van der Waals surface area contributed by atoms with E-state index in [-0.39, 0.29) is 43.6 Å². The molecular weight excluding hydrogens is 559 g/mol. The molecule has 0 aromatic heterocycles. The molecule has 1 N–H and O–H groups in total. The first kappa shape index (κ1) is 32.7. The molecule has 3 aliphatic rings. The van der Waals surface area contributed by atoms with Gasteiger partial charge in [0.25, 0.3) is 0 Å². The third-order valence-electron chi connectivity index (χ3n) is 7.81. The molecule has 2 unspecified atom stereocenters. The van der Waals surface area contributed by atoms with E-state index in [0.29, 0.717) is 50.0 Å². The molecule has 2 saturated heterocycles. The van der Waals surface area contributed by atoms with E-state index in [4.69, 9.17) is 23.7 Å². The third-order valence-corrected chi connectivity index (χ3v) is 7.81. The maximum absolute atomic E-state index is 15.0. The molecule has 1 aromatic carbocycles. The van der Waals surface area contributed by atoms with Gasteiger partial charge < -0.3 is 33.9 Å². The fourth-order valence-electron chi connectivity index (χ4n) is 5.98. The molecule has 1 aromatic rings. The predicted molar refractivity (Wildman–Crippen MR) is 156 cm³/mol. The van der Waals surface area contributed by atoms with Crippen molar-refractivity contribution in [2.24, 2.45) is 0 Å². The van der Waals surface area contributed by atoms with Crippen molar-refractivity contribution in [3.63, 3.8) is 0 Å². The number of esters is 1. The Morgan fingerprint density at radius 3 is 2.44 bits per heavy atom. The first-order valence-corrected chi connectivity index (χ1v) is 15.0. The quantitative estimate of drug-likeness (QED) is 0.263. The van der Waals surface area contributed by atoms with Crippen LogP contribution in [0.5, 0.6) is 5.75 Å². The number of hydrogen-bond acceptors (Lipinski definition) is 8. The van der Waals surface area contributed by atoms with Crippen LogP contribution < -0.4 is 10.1 Å². The van der Waals surface area contributed by atoms with Crippen LogP contribution >= 0.6 is 0 Å². The smallest absolute Gasteiger partial charge is 0.410 e. The van der Waals surface area contributed by atoms with Crippen LogP contribution in [0.15, 0.2) is 30.5 Å². The summed E-state index contributed by atoms with van der Waals surface area (Å²) >= 11 is 0. The highest BCUT2D eigenvalue weighted by molar-refractivity contribution is 5.82. The summed E-state index contributed by atoms with van der Waals surface area (Å²) in [5, 5.41) is 3.07. The number of nitrogens with one attached hydrogen (secondary N) is 1. The molecule has 2 heterocycles. The number of nitrogens with zero attached hydrogens (tertiary/aromatic N) is 1. The number of morpholine rings is 1. The van der Waals surface area contributed by atoms with Gasteiger partial charge in [0.15, 0.2) is 0 Å². The molecule has 1 saturated carbocycles. The summed E-state index contributed by atoms with van der Waals surface area (Å²) in [7, 11) is 0. The molecule has 0 bridgehead atoms. The second kappa shape index (κ2) is 13.2. The maximum Gasteiger partial charge on any atom is 0.410 e. The van der Waals surface area contributed by atoms with E-state index >= 15 is 4.39 Å². The van der Waals surface area contributed by atoms with Crippen LogP contribution in [0.1, 0.15) is 85.1 Å². The third kappa shape index (κ3) is 8.69. The van der Waals surface area contributed by atoms with E-state index in [0.717, 1.165) is 0 Å². The zero-order valence-electron chi connectivity index (χ0n) is 26.1. The molecule has 2 aliphatic heterocycles. The van der Waals surface area contributed by atoms with Crippen molar-refractivity contribution in [3.05, 3.63) is 41.9 Å². The molecule has 11 heteroatoms. The molecule has 1 spiro atoms. The highest BCUT2D eigenvalue weighted by Gasteiger charge is 2.53. The summed E-state index contributed by atoms with van der Waals surface area (Å²) in [5.41, 5.74) is -1.56. The Kier molecular flexibility index (Phi) is 10.1. The van der Waals surface area contributed by atoms with E-state index in [1.807, 2.05) is 20.8 Å². The first-order valence-electron chi connectivity index (χ1n) is 15.0. The molecule has 2 atom stereocenters. The predicted octanol–water partition coefficient (Wildman–Crippen LogP) is 5.00. The van der Waals surface area contributed by atoms with Crippen LogP contribution in [0.4, 0.5) is 9.18 Å². The lowest BCUT2D eigenvalue weighted by atomic mass is 9.82. The lowest BCUT2D eigenvalue weighted by Crippen LogP contribution is -2.65. The van der Waals surface area contributed by atoms with Crippen molar-refractivity contribution in [1.29, 1.82) is 0 Å². The van der Waals surface area contributed by atoms with E-state index in [9.17, 15) is 14.4 Å². The highest BCUT2D eigenvalue weighted by Crippen LogP contribution is 2.40. The van der Waals surface area contributed by atoms with E-state index in [1.165, 1.54) is 18.4 Å². The number of rotatable bonds is 7. The summed E-state index contributed by atoms with van der Waals surface area (Å²) in [4.78, 5) is 39.0. The van der Waals surface area contributed by atoms with Crippen LogP contribution in [-0.4, -0.2) is 78.1 Å². The van der Waals surface area contributed by atoms with Crippen molar-refractivity contribution in [2.45, 2.75) is 108 Å². The van der Waals surface area contributed by atoms with Gasteiger partial charge in [0.2, 0.25) is 5.91 Å². The standard InChI is InChI=1S/C32H45FN2O8/c1-30(2,3)42-27(37)14-17-40-24-9-7-8-23(33)28(24)21-10-12-22(13-11-21)41-18-25-32(20-39-19-26(36)34-32)15-16-35(25)29(38)43-31(4,5)6/h7-9,14,17,21-22,25H,10-13,15-16,18-20H2,1-6H3,(H,34,36). The Morgan fingerprint density at radius 1 is 1.09 bits per heavy atom. The molecule has 238 valence electrons.